The van der Waals surface area contributed by atoms with E-state index in [1.165, 1.54) is 107 Å². The van der Waals surface area contributed by atoms with Gasteiger partial charge in [-0.3, -0.25) is 9.97 Å². The number of hydrogen-bond acceptors (Lipinski definition) is 9. The highest BCUT2D eigenvalue weighted by molar-refractivity contribution is 7.26. The van der Waals surface area contributed by atoms with Gasteiger partial charge in [-0.2, -0.15) is 0 Å². The predicted molar refractivity (Wildman–Crippen MR) is 600 cm³/mol. The SMILES string of the molecule is c1ccc(-c2nc(-c3ccccc3)c3cc(-n4c5cc(-c6cccc7c6sc6ccccc67)ccc5c5c6ccccc6ccc54)ccc3n2)cc1.c1ccc(-c2nc3ccc(-n4c5cc(-c6cccc7c6oc6ccccc67)ccc5c5c6ccccc6ccc54)cc3nc2-c2ccccc2)cc1.c1ccc2c(c1)ccc1c2c2ccc(-c3cccc4c3oc3ccccc34)cc2n1-c1ccc2nccnc2c1. The lowest BCUT2D eigenvalue weighted by atomic mass is 9.99. The van der Waals surface area contributed by atoms with E-state index in [1.807, 2.05) is 78.1 Å². The molecule has 31 rings (SSSR count). The monoisotopic (exact) mass is 1850 g/mol. The predicted octanol–water partition coefficient (Wildman–Crippen LogP) is 35.5. The Bertz CT molecular complexity index is 10700. The van der Waals surface area contributed by atoms with Crippen molar-refractivity contribution in [1.82, 2.24) is 43.6 Å². The van der Waals surface area contributed by atoms with Gasteiger partial charge in [0.15, 0.2) is 5.82 Å². The first kappa shape index (κ1) is 82.0. The zero-order valence-electron chi connectivity index (χ0n) is 77.4. The minimum Gasteiger partial charge on any atom is -0.455 e. The van der Waals surface area contributed by atoms with Crippen molar-refractivity contribution in [3.05, 3.63) is 480 Å². The average Bonchev–Trinajstić information content (AvgIpc) is 1.56. The summed E-state index contributed by atoms with van der Waals surface area (Å²) >= 11 is 1.88. The molecule has 0 atom stereocenters. The van der Waals surface area contributed by atoms with E-state index in [4.69, 9.17) is 28.8 Å². The molecule has 0 aliphatic rings. The van der Waals surface area contributed by atoms with Crippen LogP contribution in [0.2, 0.25) is 0 Å². The molecule has 0 unspecified atom stereocenters. The van der Waals surface area contributed by atoms with Crippen molar-refractivity contribution in [2.75, 3.05) is 0 Å². The van der Waals surface area contributed by atoms with Gasteiger partial charge in [0.2, 0.25) is 0 Å². The van der Waals surface area contributed by atoms with Crippen molar-refractivity contribution < 1.29 is 8.83 Å². The lowest BCUT2D eigenvalue weighted by Gasteiger charge is -2.13. The fraction of sp³-hybridized carbons (Fsp3) is 0. The molecular formula is C132H79N9O2S. The van der Waals surface area contributed by atoms with E-state index >= 15 is 0 Å². The van der Waals surface area contributed by atoms with Crippen molar-refractivity contribution >= 4 is 206 Å². The first-order valence-electron chi connectivity index (χ1n) is 48.6. The quantitative estimate of drug-likeness (QED) is 0.133. The van der Waals surface area contributed by atoms with Gasteiger partial charge in [-0.15, -0.1) is 11.3 Å². The maximum atomic E-state index is 6.50. The Morgan fingerprint density at radius 2 is 0.583 bits per heavy atom. The molecule has 12 heteroatoms. The van der Waals surface area contributed by atoms with Crippen LogP contribution in [-0.4, -0.2) is 43.6 Å². The Kier molecular flexibility index (Phi) is 19.0. The molecule has 0 N–H and O–H groups in total. The molecule has 0 spiro atoms. The highest BCUT2D eigenvalue weighted by Crippen LogP contribution is 2.49. The van der Waals surface area contributed by atoms with Gasteiger partial charge < -0.3 is 22.5 Å². The van der Waals surface area contributed by atoms with E-state index in [1.54, 1.807) is 12.4 Å². The van der Waals surface area contributed by atoms with Crippen LogP contribution < -0.4 is 0 Å². The second kappa shape index (κ2) is 33.3. The normalized spacial score (nSPS) is 11.9. The van der Waals surface area contributed by atoms with Crippen molar-refractivity contribution in [3.63, 3.8) is 0 Å². The smallest absolute Gasteiger partial charge is 0.160 e. The third-order valence-electron chi connectivity index (χ3n) is 28.8. The van der Waals surface area contributed by atoms with Crippen LogP contribution in [0.15, 0.2) is 488 Å². The van der Waals surface area contributed by atoms with Gasteiger partial charge in [0.05, 0.1) is 77.8 Å². The number of aromatic nitrogens is 9. The molecular weight excluding hydrogens is 1780 g/mol. The van der Waals surface area contributed by atoms with Gasteiger partial charge in [0.25, 0.3) is 0 Å². The number of fused-ring (bicyclic) bond motifs is 27. The molecule has 670 valence electrons. The maximum Gasteiger partial charge on any atom is 0.160 e. The van der Waals surface area contributed by atoms with Crippen LogP contribution in [0.3, 0.4) is 0 Å². The molecule has 144 heavy (non-hydrogen) atoms. The van der Waals surface area contributed by atoms with Crippen LogP contribution in [0.5, 0.6) is 0 Å². The number of furan rings is 2. The number of thiophene rings is 1. The van der Waals surface area contributed by atoms with Crippen LogP contribution >= 0.6 is 11.3 Å². The molecule has 0 bridgehead atoms. The lowest BCUT2D eigenvalue weighted by molar-refractivity contribution is 0.669. The van der Waals surface area contributed by atoms with Gasteiger partial charge >= 0.3 is 0 Å². The van der Waals surface area contributed by atoms with Gasteiger partial charge in [0.1, 0.15) is 22.3 Å². The summed E-state index contributed by atoms with van der Waals surface area (Å²) in [5.41, 5.74) is 31.7. The lowest BCUT2D eigenvalue weighted by Crippen LogP contribution is -1.98. The van der Waals surface area contributed by atoms with Gasteiger partial charge in [-0.05, 0) is 164 Å². The molecule has 0 radical (unpaired) electrons. The first-order chi connectivity index (χ1) is 71.4. The fourth-order valence-electron chi connectivity index (χ4n) is 22.3. The minimum atomic E-state index is 0.725. The van der Waals surface area contributed by atoms with Gasteiger partial charge in [0, 0.05) is 142 Å². The molecule has 0 saturated carbocycles. The second-order valence-electron chi connectivity index (χ2n) is 37.0. The second-order valence-corrected chi connectivity index (χ2v) is 38.0. The van der Waals surface area contributed by atoms with Crippen LogP contribution in [0.4, 0.5) is 0 Å². The van der Waals surface area contributed by atoms with Gasteiger partial charge in [-0.25, -0.2) is 19.9 Å². The third-order valence-corrected chi connectivity index (χ3v) is 30.1. The van der Waals surface area contributed by atoms with Crippen LogP contribution in [0.25, 0.3) is 290 Å². The Morgan fingerprint density at radius 1 is 0.201 bits per heavy atom. The van der Waals surface area contributed by atoms with E-state index in [9.17, 15) is 0 Å². The number of hydrogen-bond donors (Lipinski definition) is 0. The van der Waals surface area contributed by atoms with Crippen molar-refractivity contribution in [2.45, 2.75) is 0 Å². The van der Waals surface area contributed by atoms with Crippen LogP contribution in [0, 0.1) is 0 Å². The topological polar surface area (TPSA) is 118 Å². The molecule has 0 aliphatic heterocycles. The number of nitrogens with zero attached hydrogens (tertiary/aromatic N) is 9. The fourth-order valence-corrected chi connectivity index (χ4v) is 23.5. The van der Waals surface area contributed by atoms with Gasteiger partial charge in [-0.1, -0.05) is 358 Å². The van der Waals surface area contributed by atoms with Crippen molar-refractivity contribution in [1.29, 1.82) is 0 Å². The molecule has 11 nitrogen and oxygen atoms in total. The average molecular weight is 1860 g/mol. The van der Waals surface area contributed by atoms with E-state index in [-0.39, 0.29) is 0 Å². The highest BCUT2D eigenvalue weighted by atomic mass is 32.1. The Morgan fingerprint density at radius 3 is 1.09 bits per heavy atom. The molecule has 0 saturated heterocycles. The molecule has 0 amide bonds. The molecule has 22 aromatic carbocycles. The third kappa shape index (κ3) is 13.4. The summed E-state index contributed by atoms with van der Waals surface area (Å²) in [7, 11) is 0. The number of para-hydroxylation sites is 4. The van der Waals surface area contributed by atoms with Crippen molar-refractivity contribution in [3.8, 4) is 95.6 Å². The minimum absolute atomic E-state index is 0.725. The molecule has 9 aromatic heterocycles. The molecule has 31 aromatic rings. The van der Waals surface area contributed by atoms with E-state index < -0.39 is 0 Å². The summed E-state index contributed by atoms with van der Waals surface area (Å²) in [6, 6.07) is 166. The standard InChI is InChI=1S/C48H29N3O.C48H29N3S.C36H21N3O/c1-3-13-31(14-4-1)46-47(32-15-5-2-6-16-32)50-41-29-34(24-26-40(41)49-46)51-42-27-23-30-12-7-8-17-35(30)45(42)39-25-22-33(28-43(39)51)36-19-11-20-38-37-18-9-10-21-44(37)52-48(36)38;1-3-13-31(14-4-1)46-40-29-34(24-26-41(40)49-48(50-46)32-15-5-2-6-16-32)51-42-27-23-30-12-7-8-17-35(30)45(42)39-25-22-33(28-43(39)51)36-19-11-20-38-37-18-9-10-21-44(37)52-47(36)38;1-2-7-25-22(6-1)13-17-32-35(25)29-15-12-23(26-9-5-10-28-27-8-3-4-11-34(27)40-36(26)28)20-33(29)39(32)24-14-16-30-31(21-24)38-19-18-37-30/h2*1-29H;1-21H. The Hall–Kier alpha value is -19.1. The number of rotatable bonds is 10. The summed E-state index contributed by atoms with van der Waals surface area (Å²) in [6.45, 7) is 0. The molecule has 0 aliphatic carbocycles. The van der Waals surface area contributed by atoms with Crippen LogP contribution in [0.1, 0.15) is 0 Å². The van der Waals surface area contributed by atoms with Crippen molar-refractivity contribution in [2.24, 2.45) is 0 Å². The van der Waals surface area contributed by atoms with E-state index in [2.05, 4.69) is 424 Å². The molecule has 9 heterocycles. The first-order valence-corrected chi connectivity index (χ1v) is 49.4. The largest absolute Gasteiger partial charge is 0.455 e. The Labute approximate surface area is 827 Å². The van der Waals surface area contributed by atoms with E-state index in [0.717, 1.165) is 183 Å². The Balaban J connectivity index is 0.000000104. The summed E-state index contributed by atoms with van der Waals surface area (Å²) in [5.74, 6) is 0.725. The summed E-state index contributed by atoms with van der Waals surface area (Å²) < 4.78 is 22.7. The highest BCUT2D eigenvalue weighted by Gasteiger charge is 2.26. The van der Waals surface area contributed by atoms with E-state index in [0.29, 0.717) is 0 Å². The summed E-state index contributed by atoms with van der Waals surface area (Å²) in [4.78, 5) is 30.0. The maximum absolute atomic E-state index is 6.50. The molecule has 0 fully saturated rings. The number of benzene rings is 22. The zero-order chi connectivity index (χ0) is 94.6. The van der Waals surface area contributed by atoms with Crippen LogP contribution in [-0.2, 0) is 0 Å². The zero-order valence-corrected chi connectivity index (χ0v) is 78.2. The summed E-state index contributed by atoms with van der Waals surface area (Å²) in [6.07, 6.45) is 3.48. The summed E-state index contributed by atoms with van der Waals surface area (Å²) in [5, 5.41) is 23.0.